The molecule has 15 heavy (non-hydrogen) atoms. The second-order valence-electron chi connectivity index (χ2n) is 3.11. The van der Waals surface area contributed by atoms with Crippen LogP contribution in [-0.4, -0.2) is 31.8 Å². The molecule has 0 aromatic carbocycles. The van der Waals surface area contributed by atoms with E-state index in [1.165, 1.54) is 7.11 Å². The van der Waals surface area contributed by atoms with Crippen molar-refractivity contribution in [3.8, 4) is 0 Å². The van der Waals surface area contributed by atoms with E-state index in [0.29, 0.717) is 13.0 Å². The van der Waals surface area contributed by atoms with Crippen molar-refractivity contribution >= 4 is 5.97 Å². The van der Waals surface area contributed by atoms with Crippen molar-refractivity contribution in [1.82, 2.24) is 4.98 Å². The van der Waals surface area contributed by atoms with Gasteiger partial charge in [-0.1, -0.05) is 6.07 Å². The predicted molar refractivity (Wildman–Crippen MR) is 55.5 cm³/mol. The van der Waals surface area contributed by atoms with Gasteiger partial charge in [0.15, 0.2) is 0 Å². The van der Waals surface area contributed by atoms with Crippen molar-refractivity contribution < 1.29 is 14.3 Å². The standard InChI is InChI=1S/C11H15NO3/c1-14-8-6-9(11(13)15-2)10-5-3-4-7-12-10/h3-5,7,9H,6,8H2,1-2H3. The molecule has 0 aliphatic heterocycles. The molecule has 0 spiro atoms. The number of pyridine rings is 1. The Labute approximate surface area is 89.2 Å². The highest BCUT2D eigenvalue weighted by atomic mass is 16.5. The van der Waals surface area contributed by atoms with Crippen LogP contribution in [0.25, 0.3) is 0 Å². The summed E-state index contributed by atoms with van der Waals surface area (Å²) < 4.78 is 9.68. The van der Waals surface area contributed by atoms with Crippen LogP contribution in [-0.2, 0) is 14.3 Å². The third-order valence-electron chi connectivity index (χ3n) is 2.14. The summed E-state index contributed by atoms with van der Waals surface area (Å²) >= 11 is 0. The summed E-state index contributed by atoms with van der Waals surface area (Å²) in [5, 5.41) is 0. The molecule has 1 atom stereocenters. The van der Waals surface area contributed by atoms with Gasteiger partial charge in [-0.15, -0.1) is 0 Å². The largest absolute Gasteiger partial charge is 0.469 e. The van der Waals surface area contributed by atoms with Crippen molar-refractivity contribution in [1.29, 1.82) is 0 Å². The van der Waals surface area contributed by atoms with Gasteiger partial charge in [0.2, 0.25) is 0 Å². The summed E-state index contributed by atoms with van der Waals surface area (Å²) in [6.07, 6.45) is 2.25. The molecular formula is C11H15NO3. The van der Waals surface area contributed by atoms with Gasteiger partial charge in [-0.2, -0.15) is 0 Å². The maximum atomic E-state index is 11.5. The van der Waals surface area contributed by atoms with Crippen LogP contribution < -0.4 is 0 Å². The van der Waals surface area contributed by atoms with Gasteiger partial charge < -0.3 is 9.47 Å². The molecule has 4 nitrogen and oxygen atoms in total. The van der Waals surface area contributed by atoms with Crippen molar-refractivity contribution in [2.75, 3.05) is 20.8 Å². The monoisotopic (exact) mass is 209 g/mol. The first kappa shape index (κ1) is 11.7. The van der Waals surface area contributed by atoms with Crippen LogP contribution in [0, 0.1) is 0 Å². The number of esters is 1. The SMILES string of the molecule is COCCC(C(=O)OC)c1ccccn1. The second-order valence-corrected chi connectivity index (χ2v) is 3.11. The van der Waals surface area contributed by atoms with E-state index in [9.17, 15) is 4.79 Å². The Morgan fingerprint density at radius 2 is 2.27 bits per heavy atom. The first-order valence-electron chi connectivity index (χ1n) is 4.77. The molecule has 1 rings (SSSR count). The summed E-state index contributed by atoms with van der Waals surface area (Å²) in [5.41, 5.74) is 0.724. The summed E-state index contributed by atoms with van der Waals surface area (Å²) in [6, 6.07) is 5.48. The van der Waals surface area contributed by atoms with Crippen LogP contribution >= 0.6 is 0 Å². The lowest BCUT2D eigenvalue weighted by Gasteiger charge is -2.13. The number of hydrogen-bond donors (Lipinski definition) is 0. The Hall–Kier alpha value is -1.42. The van der Waals surface area contributed by atoms with Gasteiger partial charge in [0.1, 0.15) is 5.92 Å². The lowest BCUT2D eigenvalue weighted by Crippen LogP contribution is -2.17. The van der Waals surface area contributed by atoms with Crippen LogP contribution in [0.4, 0.5) is 0 Å². The van der Waals surface area contributed by atoms with E-state index >= 15 is 0 Å². The van der Waals surface area contributed by atoms with Crippen LogP contribution in [0.1, 0.15) is 18.0 Å². The minimum Gasteiger partial charge on any atom is -0.469 e. The highest BCUT2D eigenvalue weighted by Crippen LogP contribution is 2.18. The second kappa shape index (κ2) is 6.14. The normalized spacial score (nSPS) is 12.1. The quantitative estimate of drug-likeness (QED) is 0.687. The highest BCUT2D eigenvalue weighted by Gasteiger charge is 2.21. The number of aromatic nitrogens is 1. The molecule has 0 fully saturated rings. The minimum absolute atomic E-state index is 0.272. The molecule has 0 aliphatic rings. The van der Waals surface area contributed by atoms with Crippen molar-refractivity contribution in [3.05, 3.63) is 30.1 Å². The van der Waals surface area contributed by atoms with E-state index in [1.54, 1.807) is 13.3 Å². The zero-order chi connectivity index (χ0) is 11.1. The average molecular weight is 209 g/mol. The number of ether oxygens (including phenoxy) is 2. The van der Waals surface area contributed by atoms with Crippen molar-refractivity contribution in [2.24, 2.45) is 0 Å². The average Bonchev–Trinajstić information content (AvgIpc) is 2.30. The topological polar surface area (TPSA) is 48.4 Å². The summed E-state index contributed by atoms with van der Waals surface area (Å²) in [6.45, 7) is 0.510. The number of nitrogens with zero attached hydrogens (tertiary/aromatic N) is 1. The van der Waals surface area contributed by atoms with Gasteiger partial charge in [-0.05, 0) is 18.6 Å². The van der Waals surface area contributed by atoms with Gasteiger partial charge in [0, 0.05) is 19.9 Å². The summed E-state index contributed by atoms with van der Waals surface area (Å²) in [4.78, 5) is 15.6. The maximum Gasteiger partial charge on any atom is 0.314 e. The van der Waals surface area contributed by atoms with Gasteiger partial charge in [-0.25, -0.2) is 0 Å². The molecule has 0 radical (unpaired) electrons. The van der Waals surface area contributed by atoms with Crippen LogP contribution in [0.5, 0.6) is 0 Å². The molecule has 4 heteroatoms. The number of methoxy groups -OCH3 is 2. The first-order chi connectivity index (χ1) is 7.29. The van der Waals surface area contributed by atoms with Gasteiger partial charge in [-0.3, -0.25) is 9.78 Å². The fraction of sp³-hybridized carbons (Fsp3) is 0.455. The molecule has 0 bridgehead atoms. The molecule has 82 valence electrons. The minimum atomic E-state index is -0.337. The van der Waals surface area contributed by atoms with E-state index in [-0.39, 0.29) is 11.9 Å². The Balaban J connectivity index is 2.76. The van der Waals surface area contributed by atoms with E-state index in [0.717, 1.165) is 5.69 Å². The van der Waals surface area contributed by atoms with Crippen molar-refractivity contribution in [2.45, 2.75) is 12.3 Å². The lowest BCUT2D eigenvalue weighted by atomic mass is 10.0. The molecular weight excluding hydrogens is 194 g/mol. The van der Waals surface area contributed by atoms with E-state index in [2.05, 4.69) is 4.98 Å². The molecule has 0 amide bonds. The van der Waals surface area contributed by atoms with Crippen LogP contribution in [0.3, 0.4) is 0 Å². The third kappa shape index (κ3) is 3.32. The van der Waals surface area contributed by atoms with Gasteiger partial charge in [0.05, 0.1) is 12.8 Å². The number of hydrogen-bond acceptors (Lipinski definition) is 4. The van der Waals surface area contributed by atoms with Crippen LogP contribution in [0.2, 0.25) is 0 Å². The number of carbonyl (C=O) groups is 1. The number of rotatable bonds is 5. The highest BCUT2D eigenvalue weighted by molar-refractivity contribution is 5.77. The Morgan fingerprint density at radius 3 is 2.80 bits per heavy atom. The third-order valence-corrected chi connectivity index (χ3v) is 2.14. The smallest absolute Gasteiger partial charge is 0.314 e. The van der Waals surface area contributed by atoms with E-state index in [4.69, 9.17) is 9.47 Å². The zero-order valence-corrected chi connectivity index (χ0v) is 8.97. The van der Waals surface area contributed by atoms with E-state index in [1.807, 2.05) is 18.2 Å². The van der Waals surface area contributed by atoms with Crippen molar-refractivity contribution in [3.63, 3.8) is 0 Å². The predicted octanol–water partition coefficient (Wildman–Crippen LogP) is 1.37. The Morgan fingerprint density at radius 1 is 1.47 bits per heavy atom. The van der Waals surface area contributed by atoms with E-state index < -0.39 is 0 Å². The zero-order valence-electron chi connectivity index (χ0n) is 8.97. The number of carbonyl (C=O) groups excluding carboxylic acids is 1. The molecule has 0 saturated heterocycles. The molecule has 0 saturated carbocycles. The summed E-state index contributed by atoms with van der Waals surface area (Å²) in [5.74, 6) is -0.609. The molecule has 1 aromatic heterocycles. The molecule has 0 N–H and O–H groups in total. The summed E-state index contributed by atoms with van der Waals surface area (Å²) in [7, 11) is 2.98. The molecule has 1 unspecified atom stereocenters. The molecule has 1 heterocycles. The maximum absolute atomic E-state index is 11.5. The van der Waals surface area contributed by atoms with Gasteiger partial charge >= 0.3 is 5.97 Å². The first-order valence-corrected chi connectivity index (χ1v) is 4.77. The fourth-order valence-electron chi connectivity index (χ4n) is 1.35. The Bertz CT molecular complexity index is 300. The Kier molecular flexibility index (Phi) is 4.77. The molecule has 1 aromatic rings. The fourth-order valence-corrected chi connectivity index (χ4v) is 1.35. The van der Waals surface area contributed by atoms with Crippen LogP contribution in [0.15, 0.2) is 24.4 Å². The lowest BCUT2D eigenvalue weighted by molar-refractivity contribution is -0.143. The molecule has 0 aliphatic carbocycles. The van der Waals surface area contributed by atoms with Gasteiger partial charge in [0.25, 0.3) is 0 Å².